The van der Waals surface area contributed by atoms with E-state index in [1.165, 1.54) is 60.2 Å². The Morgan fingerprint density at radius 2 is 1.20 bits per heavy atom. The van der Waals surface area contributed by atoms with E-state index in [4.69, 9.17) is 4.74 Å². The van der Waals surface area contributed by atoms with Crippen LogP contribution in [0.15, 0.2) is 121 Å². The van der Waals surface area contributed by atoms with Crippen LogP contribution in [-0.4, -0.2) is 11.7 Å². The number of aromatic nitrogens is 1. The summed E-state index contributed by atoms with van der Waals surface area (Å²) in [5.41, 5.74) is 6.06. The zero-order chi connectivity index (χ0) is 23.4. The lowest BCUT2D eigenvalue weighted by Gasteiger charge is -2.13. The monoisotopic (exact) mass is 449 g/mol. The topological polar surface area (TPSA) is 14.2 Å². The summed E-state index contributed by atoms with van der Waals surface area (Å²) in [6.07, 6.45) is 0. The highest BCUT2D eigenvalue weighted by molar-refractivity contribution is 6.20. The van der Waals surface area contributed by atoms with Crippen molar-refractivity contribution in [2.24, 2.45) is 0 Å². The van der Waals surface area contributed by atoms with Gasteiger partial charge >= 0.3 is 0 Å². The van der Waals surface area contributed by atoms with Gasteiger partial charge in [-0.1, -0.05) is 72.8 Å². The van der Waals surface area contributed by atoms with E-state index >= 15 is 0 Å². The molecule has 35 heavy (non-hydrogen) atoms. The third kappa shape index (κ3) is 3.04. The summed E-state index contributed by atoms with van der Waals surface area (Å²) in [5.74, 6) is 0.870. The molecule has 0 spiro atoms. The number of hydrogen-bond acceptors (Lipinski definition) is 1. The summed E-state index contributed by atoms with van der Waals surface area (Å²) in [4.78, 5) is 0. The Morgan fingerprint density at radius 1 is 0.514 bits per heavy atom. The van der Waals surface area contributed by atoms with Crippen molar-refractivity contribution in [2.75, 3.05) is 7.11 Å². The Bertz CT molecular complexity index is 1860. The highest BCUT2D eigenvalue weighted by Crippen LogP contribution is 2.40. The first-order valence-corrected chi connectivity index (χ1v) is 11.9. The molecule has 0 N–H and O–H groups in total. The van der Waals surface area contributed by atoms with Crippen molar-refractivity contribution in [2.45, 2.75) is 0 Å². The normalized spacial score (nSPS) is 11.6. The van der Waals surface area contributed by atoms with Gasteiger partial charge in [-0.15, -0.1) is 0 Å². The lowest BCUT2D eigenvalue weighted by atomic mass is 9.92. The van der Waals surface area contributed by atoms with Crippen LogP contribution in [0.2, 0.25) is 0 Å². The Morgan fingerprint density at radius 3 is 1.97 bits per heavy atom. The Hall–Kier alpha value is -4.56. The molecule has 7 rings (SSSR count). The predicted molar refractivity (Wildman–Crippen MR) is 148 cm³/mol. The van der Waals surface area contributed by atoms with E-state index in [1.807, 2.05) is 12.1 Å². The van der Waals surface area contributed by atoms with Crippen LogP contribution in [0.25, 0.3) is 60.2 Å². The van der Waals surface area contributed by atoms with Crippen LogP contribution >= 0.6 is 0 Å². The average molecular weight is 450 g/mol. The van der Waals surface area contributed by atoms with Crippen molar-refractivity contribution >= 4 is 43.4 Å². The first-order valence-electron chi connectivity index (χ1n) is 11.9. The van der Waals surface area contributed by atoms with Crippen LogP contribution in [0.4, 0.5) is 0 Å². The molecule has 0 unspecified atom stereocenters. The molecule has 0 atom stereocenters. The smallest absolute Gasteiger partial charge is 0.118 e. The number of fused-ring (bicyclic) bond motifs is 6. The largest absolute Gasteiger partial charge is 0.497 e. The lowest BCUT2D eigenvalue weighted by molar-refractivity contribution is 0.415. The van der Waals surface area contributed by atoms with Crippen LogP contribution in [0.5, 0.6) is 5.75 Å². The average Bonchev–Trinajstić information content (AvgIpc) is 3.25. The highest BCUT2D eigenvalue weighted by Gasteiger charge is 2.15. The van der Waals surface area contributed by atoms with Crippen molar-refractivity contribution in [1.82, 2.24) is 4.57 Å². The molecular formula is C33H23NO. The van der Waals surface area contributed by atoms with Gasteiger partial charge in [0.25, 0.3) is 0 Å². The molecule has 1 heterocycles. The third-order valence-electron chi connectivity index (χ3n) is 7.07. The number of ether oxygens (including phenoxy) is 1. The minimum absolute atomic E-state index is 0.870. The second-order valence-corrected chi connectivity index (χ2v) is 8.98. The molecular weight excluding hydrogens is 426 g/mol. The number of para-hydroxylation sites is 2. The molecule has 0 bridgehead atoms. The molecule has 1 aromatic heterocycles. The molecule has 0 aliphatic rings. The Balaban J connectivity index is 1.61. The summed E-state index contributed by atoms with van der Waals surface area (Å²) >= 11 is 0. The van der Waals surface area contributed by atoms with Crippen LogP contribution < -0.4 is 4.74 Å². The van der Waals surface area contributed by atoms with Crippen LogP contribution in [0, 0.1) is 0 Å². The second-order valence-electron chi connectivity index (χ2n) is 8.98. The summed E-state index contributed by atoms with van der Waals surface area (Å²) in [6, 6.07) is 43.5. The van der Waals surface area contributed by atoms with E-state index in [2.05, 4.69) is 114 Å². The molecule has 0 saturated heterocycles. The summed E-state index contributed by atoms with van der Waals surface area (Å²) in [5, 5.41) is 7.58. The van der Waals surface area contributed by atoms with Gasteiger partial charge in [0.2, 0.25) is 0 Å². The van der Waals surface area contributed by atoms with E-state index in [9.17, 15) is 0 Å². The minimum Gasteiger partial charge on any atom is -0.497 e. The molecule has 0 fully saturated rings. The van der Waals surface area contributed by atoms with Crippen molar-refractivity contribution in [1.29, 1.82) is 0 Å². The van der Waals surface area contributed by atoms with Crippen LogP contribution in [0.1, 0.15) is 0 Å². The van der Waals surface area contributed by atoms with Gasteiger partial charge in [0, 0.05) is 16.5 Å². The van der Waals surface area contributed by atoms with Gasteiger partial charge < -0.3 is 9.30 Å². The number of benzene rings is 6. The maximum Gasteiger partial charge on any atom is 0.118 e. The molecule has 2 nitrogen and oxygen atoms in total. The molecule has 0 radical (unpaired) electrons. The summed E-state index contributed by atoms with van der Waals surface area (Å²) < 4.78 is 7.77. The van der Waals surface area contributed by atoms with E-state index in [1.54, 1.807) is 7.11 Å². The maximum absolute atomic E-state index is 5.39. The molecule has 7 aromatic rings. The quantitative estimate of drug-likeness (QED) is 0.246. The van der Waals surface area contributed by atoms with Crippen molar-refractivity contribution < 1.29 is 4.74 Å². The van der Waals surface area contributed by atoms with Crippen molar-refractivity contribution in [3.63, 3.8) is 0 Å². The van der Waals surface area contributed by atoms with Gasteiger partial charge in [0.05, 0.1) is 18.1 Å². The standard InChI is InChI=1S/C33H23NO/c1-35-25-17-15-22(16-18-25)29-19-23-20-31-28-13-7-8-14-32(28)34(24-9-3-2-4-10-24)33(31)21-30(23)27-12-6-5-11-26(27)29/h2-21H,1H3. The number of hydrogen-bond donors (Lipinski definition) is 0. The van der Waals surface area contributed by atoms with E-state index in [0.717, 1.165) is 5.75 Å². The number of methoxy groups -OCH3 is 1. The molecule has 0 amide bonds. The van der Waals surface area contributed by atoms with Gasteiger partial charge in [0.15, 0.2) is 0 Å². The zero-order valence-corrected chi connectivity index (χ0v) is 19.4. The fourth-order valence-electron chi connectivity index (χ4n) is 5.44. The predicted octanol–water partition coefficient (Wildman–Crippen LogP) is 8.77. The minimum atomic E-state index is 0.870. The Labute approximate surface area is 203 Å². The number of rotatable bonds is 3. The third-order valence-corrected chi connectivity index (χ3v) is 7.07. The van der Waals surface area contributed by atoms with Gasteiger partial charge in [-0.05, 0) is 81.2 Å². The van der Waals surface area contributed by atoms with Gasteiger partial charge in [-0.25, -0.2) is 0 Å². The first-order chi connectivity index (χ1) is 17.3. The van der Waals surface area contributed by atoms with E-state index in [-0.39, 0.29) is 0 Å². The van der Waals surface area contributed by atoms with Crippen LogP contribution in [-0.2, 0) is 0 Å². The van der Waals surface area contributed by atoms with Crippen LogP contribution in [0.3, 0.4) is 0 Å². The second kappa shape index (κ2) is 7.75. The molecule has 0 aliphatic heterocycles. The zero-order valence-electron chi connectivity index (χ0n) is 19.4. The fraction of sp³-hybridized carbons (Fsp3) is 0.0303. The van der Waals surface area contributed by atoms with Gasteiger partial charge in [-0.3, -0.25) is 0 Å². The molecule has 6 aromatic carbocycles. The molecule has 2 heteroatoms. The summed E-state index contributed by atoms with van der Waals surface area (Å²) in [6.45, 7) is 0. The lowest BCUT2D eigenvalue weighted by Crippen LogP contribution is -1.93. The first kappa shape index (κ1) is 19.9. The fourth-order valence-corrected chi connectivity index (χ4v) is 5.44. The molecule has 0 aliphatic carbocycles. The van der Waals surface area contributed by atoms with Gasteiger partial charge in [-0.2, -0.15) is 0 Å². The van der Waals surface area contributed by atoms with Gasteiger partial charge in [0.1, 0.15) is 5.75 Å². The highest BCUT2D eigenvalue weighted by atomic mass is 16.5. The molecule has 0 saturated carbocycles. The van der Waals surface area contributed by atoms with E-state index < -0.39 is 0 Å². The van der Waals surface area contributed by atoms with Crippen molar-refractivity contribution in [3.8, 4) is 22.6 Å². The van der Waals surface area contributed by atoms with Crippen molar-refractivity contribution in [3.05, 3.63) is 121 Å². The SMILES string of the molecule is COc1ccc(-c2cc3cc4c5ccccc5n(-c5ccccc5)c4cc3c3ccccc23)cc1. The number of nitrogens with zero attached hydrogens (tertiary/aromatic N) is 1. The maximum atomic E-state index is 5.39. The summed E-state index contributed by atoms with van der Waals surface area (Å²) in [7, 11) is 1.71. The van der Waals surface area contributed by atoms with E-state index in [0.29, 0.717) is 0 Å². The molecule has 166 valence electrons. The Kier molecular flexibility index (Phi) is 4.40.